The van der Waals surface area contributed by atoms with Crippen LogP contribution in [0.2, 0.25) is 0 Å². The molecule has 2 heterocycles. The maximum atomic E-state index is 13.2. The Labute approximate surface area is 175 Å². The monoisotopic (exact) mass is 451 g/mol. The number of aryl methyl sites for hydroxylation is 1. The van der Waals surface area contributed by atoms with Gasteiger partial charge in [0.05, 0.1) is 16.1 Å². The molecule has 0 saturated heterocycles. The molecule has 30 heavy (non-hydrogen) atoms. The number of fused-ring (bicyclic) bond motifs is 1. The van der Waals surface area contributed by atoms with E-state index in [1.165, 1.54) is 34.9 Å². The summed E-state index contributed by atoms with van der Waals surface area (Å²) in [7, 11) is -3.87. The largest absolute Gasteiger partial charge is 0.416 e. The van der Waals surface area contributed by atoms with Crippen molar-refractivity contribution in [2.24, 2.45) is 0 Å². The molecular formula is C21H16F3NO3S2. The molecular weight excluding hydrogens is 435 g/mol. The molecule has 4 nitrogen and oxygen atoms in total. The molecule has 1 aromatic heterocycles. The molecule has 0 unspecified atom stereocenters. The lowest BCUT2D eigenvalue weighted by Gasteiger charge is -2.24. The lowest BCUT2D eigenvalue weighted by Crippen LogP contribution is -2.23. The highest BCUT2D eigenvalue weighted by molar-refractivity contribution is 7.91. The Morgan fingerprint density at radius 3 is 2.43 bits per heavy atom. The summed E-state index contributed by atoms with van der Waals surface area (Å²) in [4.78, 5) is 13.1. The number of benzene rings is 2. The number of nitrogens with one attached hydrogen (secondary N) is 1. The van der Waals surface area contributed by atoms with Gasteiger partial charge in [0.2, 0.25) is 15.7 Å². The van der Waals surface area contributed by atoms with E-state index in [1.807, 2.05) is 0 Å². The van der Waals surface area contributed by atoms with Gasteiger partial charge in [-0.15, -0.1) is 11.3 Å². The predicted molar refractivity (Wildman–Crippen MR) is 107 cm³/mol. The van der Waals surface area contributed by atoms with Crippen molar-refractivity contribution in [2.75, 3.05) is 5.32 Å². The first-order chi connectivity index (χ1) is 14.1. The average Bonchev–Trinajstić information content (AvgIpc) is 3.11. The minimum atomic E-state index is -4.45. The molecule has 1 amide bonds. The Balaban J connectivity index is 1.78. The van der Waals surface area contributed by atoms with E-state index in [9.17, 15) is 26.4 Å². The van der Waals surface area contributed by atoms with Gasteiger partial charge in [0.15, 0.2) is 0 Å². The van der Waals surface area contributed by atoms with Gasteiger partial charge < -0.3 is 5.32 Å². The van der Waals surface area contributed by atoms with Crippen LogP contribution in [-0.4, -0.2) is 14.3 Å². The Morgan fingerprint density at radius 2 is 1.80 bits per heavy atom. The molecule has 9 heteroatoms. The highest BCUT2D eigenvalue weighted by atomic mass is 32.2. The zero-order valence-electron chi connectivity index (χ0n) is 15.7. The van der Waals surface area contributed by atoms with Crippen LogP contribution >= 0.6 is 11.3 Å². The number of hydrogen-bond donors (Lipinski definition) is 1. The van der Waals surface area contributed by atoms with Crippen LogP contribution in [0, 0.1) is 6.92 Å². The molecule has 0 spiro atoms. The standard InChI is InChI=1S/C21H16F3NO3S2/c1-12-3-2-4-15(9-12)30(27,28)17-11-29-20-16(10-18(26)25-19(17)20)13-5-7-14(8-6-13)21(22,23)24/h2-9,11,16H,10H2,1H3,(H,25,26)/t16-/m1/s1. The Hall–Kier alpha value is -2.65. The lowest BCUT2D eigenvalue weighted by atomic mass is 9.90. The number of thiophene rings is 1. The van der Waals surface area contributed by atoms with Crippen molar-refractivity contribution in [1.29, 1.82) is 0 Å². The van der Waals surface area contributed by atoms with Gasteiger partial charge in [-0.2, -0.15) is 13.2 Å². The van der Waals surface area contributed by atoms with Crippen molar-refractivity contribution in [3.05, 3.63) is 75.5 Å². The summed E-state index contributed by atoms with van der Waals surface area (Å²) < 4.78 is 64.9. The van der Waals surface area contributed by atoms with Crippen molar-refractivity contribution in [1.82, 2.24) is 0 Å². The summed E-state index contributed by atoms with van der Waals surface area (Å²) in [5, 5.41) is 4.12. The van der Waals surface area contributed by atoms with Crippen molar-refractivity contribution in [3.63, 3.8) is 0 Å². The molecule has 0 radical (unpaired) electrons. The first-order valence-electron chi connectivity index (χ1n) is 8.97. The van der Waals surface area contributed by atoms with Gasteiger partial charge in [0, 0.05) is 22.6 Å². The van der Waals surface area contributed by atoms with Crippen LogP contribution in [0.5, 0.6) is 0 Å². The molecule has 3 aromatic rings. The fourth-order valence-electron chi connectivity index (χ4n) is 3.49. The number of hydrogen-bond acceptors (Lipinski definition) is 4. The molecule has 156 valence electrons. The molecule has 1 aliphatic heterocycles. The summed E-state index contributed by atoms with van der Waals surface area (Å²) in [5.74, 6) is -0.894. The molecule has 2 aromatic carbocycles. The molecule has 1 aliphatic rings. The normalized spacial score (nSPS) is 16.8. The number of carbonyl (C=O) groups is 1. The highest BCUT2D eigenvalue weighted by Gasteiger charge is 2.35. The fourth-order valence-corrected chi connectivity index (χ4v) is 6.50. The molecule has 0 saturated carbocycles. The van der Waals surface area contributed by atoms with Gasteiger partial charge in [-0.1, -0.05) is 24.3 Å². The Kier molecular flexibility index (Phi) is 4.98. The number of halogens is 3. The third-order valence-electron chi connectivity index (χ3n) is 4.99. The van der Waals surface area contributed by atoms with E-state index in [4.69, 9.17) is 0 Å². The van der Waals surface area contributed by atoms with Crippen LogP contribution < -0.4 is 5.32 Å². The van der Waals surface area contributed by atoms with Crippen LogP contribution in [0.4, 0.5) is 18.9 Å². The second-order valence-corrected chi connectivity index (χ2v) is 9.91. The number of anilines is 1. The quantitative estimate of drug-likeness (QED) is 0.581. The third-order valence-corrected chi connectivity index (χ3v) is 8.01. The molecule has 0 fully saturated rings. The topological polar surface area (TPSA) is 63.2 Å². The maximum Gasteiger partial charge on any atom is 0.416 e. The maximum absolute atomic E-state index is 13.2. The zero-order valence-corrected chi connectivity index (χ0v) is 17.3. The van der Waals surface area contributed by atoms with E-state index in [-0.39, 0.29) is 27.8 Å². The molecule has 0 aliphatic carbocycles. The fraction of sp³-hybridized carbons (Fsp3) is 0.190. The molecule has 1 atom stereocenters. The van der Waals surface area contributed by atoms with Crippen LogP contribution in [0.3, 0.4) is 0 Å². The van der Waals surface area contributed by atoms with Gasteiger partial charge in [0.25, 0.3) is 0 Å². The molecule has 1 N–H and O–H groups in total. The highest BCUT2D eigenvalue weighted by Crippen LogP contribution is 2.46. The second-order valence-electron chi connectivity index (χ2n) is 7.08. The Bertz CT molecular complexity index is 1230. The van der Waals surface area contributed by atoms with E-state index in [0.717, 1.165) is 17.7 Å². The van der Waals surface area contributed by atoms with Crippen LogP contribution in [0.25, 0.3) is 0 Å². The van der Waals surface area contributed by atoms with E-state index < -0.39 is 27.5 Å². The number of amides is 1. The van der Waals surface area contributed by atoms with Gasteiger partial charge in [0.1, 0.15) is 4.90 Å². The number of carbonyl (C=O) groups excluding carboxylic acids is 1. The summed E-state index contributed by atoms with van der Waals surface area (Å²) in [6.45, 7) is 1.78. The van der Waals surface area contributed by atoms with E-state index in [2.05, 4.69) is 5.32 Å². The minimum Gasteiger partial charge on any atom is -0.324 e. The summed E-state index contributed by atoms with van der Waals surface area (Å²) >= 11 is 1.18. The van der Waals surface area contributed by atoms with E-state index in [1.54, 1.807) is 25.1 Å². The van der Waals surface area contributed by atoms with Crippen molar-refractivity contribution < 1.29 is 26.4 Å². The summed E-state index contributed by atoms with van der Waals surface area (Å²) in [5.41, 5.74) is 0.746. The zero-order chi connectivity index (χ0) is 21.7. The molecule has 0 bridgehead atoms. The third kappa shape index (κ3) is 3.63. The van der Waals surface area contributed by atoms with E-state index >= 15 is 0 Å². The van der Waals surface area contributed by atoms with Gasteiger partial charge in [-0.25, -0.2) is 8.42 Å². The van der Waals surface area contributed by atoms with Gasteiger partial charge in [-0.3, -0.25) is 4.79 Å². The van der Waals surface area contributed by atoms with Crippen LogP contribution in [0.15, 0.2) is 63.7 Å². The van der Waals surface area contributed by atoms with E-state index in [0.29, 0.717) is 10.4 Å². The molecule has 4 rings (SSSR count). The average molecular weight is 451 g/mol. The second kappa shape index (κ2) is 7.24. The van der Waals surface area contributed by atoms with Crippen molar-refractivity contribution in [2.45, 2.75) is 35.2 Å². The smallest absolute Gasteiger partial charge is 0.324 e. The number of sulfone groups is 1. The SMILES string of the molecule is Cc1cccc(S(=O)(=O)c2csc3c2NC(=O)C[C@@H]3c2ccc(C(F)(F)F)cc2)c1. The number of rotatable bonds is 3. The summed E-state index contributed by atoms with van der Waals surface area (Å²) in [6.07, 6.45) is -4.42. The predicted octanol–water partition coefficient (Wildman–Crippen LogP) is 5.38. The summed E-state index contributed by atoms with van der Waals surface area (Å²) in [6, 6.07) is 11.1. The van der Waals surface area contributed by atoms with Crippen molar-refractivity contribution >= 4 is 32.8 Å². The van der Waals surface area contributed by atoms with Crippen molar-refractivity contribution in [3.8, 4) is 0 Å². The minimum absolute atomic E-state index is 0.00179. The van der Waals surface area contributed by atoms with Gasteiger partial charge in [-0.05, 0) is 42.3 Å². The van der Waals surface area contributed by atoms with Crippen LogP contribution in [0.1, 0.15) is 33.9 Å². The first-order valence-corrected chi connectivity index (χ1v) is 11.3. The lowest BCUT2D eigenvalue weighted by molar-refractivity contribution is -0.137. The first kappa shape index (κ1) is 20.6. The van der Waals surface area contributed by atoms with Crippen LogP contribution in [-0.2, 0) is 20.8 Å². The number of alkyl halides is 3. The Morgan fingerprint density at radius 1 is 1.10 bits per heavy atom. The van der Waals surface area contributed by atoms with Gasteiger partial charge >= 0.3 is 6.18 Å².